The minimum Gasteiger partial charge on any atom is -0.408 e. The summed E-state index contributed by atoms with van der Waals surface area (Å²) in [4.78, 5) is 33.1. The molecule has 7 heteroatoms. The Morgan fingerprint density at radius 3 is 3.05 bits per heavy atom. The molecule has 0 unspecified atom stereocenters. The highest BCUT2D eigenvalue weighted by atomic mass is 16.4. The average molecular weight is 270 g/mol. The second-order valence-electron chi connectivity index (χ2n) is 4.12. The fourth-order valence-corrected chi connectivity index (χ4v) is 1.80. The molecular weight excluding hydrogens is 260 g/mol. The number of carbonyl (C=O) groups excluding carboxylic acids is 1. The number of aromatic nitrogens is 3. The molecule has 0 saturated carbocycles. The van der Waals surface area contributed by atoms with Crippen LogP contribution in [0.2, 0.25) is 0 Å². The van der Waals surface area contributed by atoms with E-state index in [0.717, 1.165) is 5.56 Å². The predicted octanol–water partition coefficient (Wildman–Crippen LogP) is 0.841. The first-order valence-corrected chi connectivity index (χ1v) is 5.88. The molecule has 20 heavy (non-hydrogen) atoms. The van der Waals surface area contributed by atoms with Gasteiger partial charge < -0.3 is 9.73 Å². The van der Waals surface area contributed by atoms with Gasteiger partial charge >= 0.3 is 5.76 Å². The summed E-state index contributed by atoms with van der Waals surface area (Å²) in [7, 11) is 0. The van der Waals surface area contributed by atoms with Crippen LogP contribution in [0.5, 0.6) is 0 Å². The van der Waals surface area contributed by atoms with Gasteiger partial charge in [-0.15, -0.1) is 0 Å². The quantitative estimate of drug-likeness (QED) is 0.734. The summed E-state index contributed by atoms with van der Waals surface area (Å²) in [5, 5.41) is 2.72. The summed E-state index contributed by atoms with van der Waals surface area (Å²) in [5.74, 6) is -0.806. The van der Waals surface area contributed by atoms with Crippen LogP contribution in [0.15, 0.2) is 46.0 Å². The smallest absolute Gasteiger partial charge is 0.408 e. The summed E-state index contributed by atoms with van der Waals surface area (Å²) in [5.41, 5.74) is 2.18. The van der Waals surface area contributed by atoms with E-state index < -0.39 is 5.76 Å². The number of hydrogen-bond acceptors (Lipinski definition) is 5. The number of nitrogens with one attached hydrogen (secondary N) is 2. The first kappa shape index (κ1) is 12.1. The summed E-state index contributed by atoms with van der Waals surface area (Å²) in [6.07, 6.45) is 4.35. The van der Waals surface area contributed by atoms with Crippen molar-refractivity contribution in [3.63, 3.8) is 0 Å². The normalized spacial score (nSPS) is 10.6. The van der Waals surface area contributed by atoms with E-state index in [1.54, 1.807) is 18.2 Å². The molecule has 0 atom stereocenters. The van der Waals surface area contributed by atoms with Crippen LogP contribution in [0.1, 0.15) is 16.1 Å². The zero-order valence-corrected chi connectivity index (χ0v) is 10.3. The van der Waals surface area contributed by atoms with E-state index in [1.807, 2.05) is 0 Å². The summed E-state index contributed by atoms with van der Waals surface area (Å²) in [6, 6.07) is 5.20. The Balaban J connectivity index is 1.73. The van der Waals surface area contributed by atoms with E-state index in [9.17, 15) is 9.59 Å². The minimum absolute atomic E-state index is 0.255. The summed E-state index contributed by atoms with van der Waals surface area (Å²) < 4.78 is 4.90. The van der Waals surface area contributed by atoms with Crippen molar-refractivity contribution in [3.05, 3.63) is 58.6 Å². The Hall–Kier alpha value is -2.96. The molecule has 1 aromatic carbocycles. The molecule has 0 aliphatic rings. The van der Waals surface area contributed by atoms with Crippen LogP contribution in [-0.2, 0) is 6.54 Å². The third kappa shape index (κ3) is 2.41. The Labute approximate surface area is 112 Å². The van der Waals surface area contributed by atoms with Gasteiger partial charge in [-0.05, 0) is 17.7 Å². The van der Waals surface area contributed by atoms with E-state index in [4.69, 9.17) is 4.42 Å². The van der Waals surface area contributed by atoms with Gasteiger partial charge in [0.05, 0.1) is 11.7 Å². The maximum Gasteiger partial charge on any atom is 0.417 e. The number of hydrogen-bond donors (Lipinski definition) is 2. The van der Waals surface area contributed by atoms with Crippen LogP contribution >= 0.6 is 0 Å². The van der Waals surface area contributed by atoms with E-state index in [-0.39, 0.29) is 11.6 Å². The Kier molecular flexibility index (Phi) is 3.00. The number of benzene rings is 1. The van der Waals surface area contributed by atoms with Crippen molar-refractivity contribution >= 4 is 17.0 Å². The van der Waals surface area contributed by atoms with Crippen molar-refractivity contribution in [2.45, 2.75) is 6.54 Å². The lowest BCUT2D eigenvalue weighted by Gasteiger charge is -2.04. The zero-order chi connectivity index (χ0) is 13.9. The molecule has 0 radical (unpaired) electrons. The van der Waals surface area contributed by atoms with Gasteiger partial charge in [0.25, 0.3) is 5.91 Å². The van der Waals surface area contributed by atoms with Crippen LogP contribution in [0.4, 0.5) is 0 Å². The van der Waals surface area contributed by atoms with Crippen LogP contribution < -0.4 is 11.1 Å². The largest absolute Gasteiger partial charge is 0.417 e. The molecule has 0 fully saturated rings. The minimum atomic E-state index is -0.499. The lowest BCUT2D eigenvalue weighted by Crippen LogP contribution is -2.23. The molecule has 0 bridgehead atoms. The summed E-state index contributed by atoms with van der Waals surface area (Å²) >= 11 is 0. The van der Waals surface area contributed by atoms with Crippen LogP contribution in [-0.4, -0.2) is 20.9 Å². The van der Waals surface area contributed by atoms with Crippen molar-refractivity contribution in [2.75, 3.05) is 0 Å². The number of amides is 1. The fraction of sp³-hybridized carbons (Fsp3) is 0.0769. The van der Waals surface area contributed by atoms with E-state index in [1.165, 1.54) is 18.6 Å². The molecular formula is C13H10N4O3. The Morgan fingerprint density at radius 2 is 2.25 bits per heavy atom. The van der Waals surface area contributed by atoms with Crippen LogP contribution in [0, 0.1) is 0 Å². The van der Waals surface area contributed by atoms with Crippen molar-refractivity contribution < 1.29 is 9.21 Å². The first-order valence-electron chi connectivity index (χ1n) is 5.88. The number of rotatable bonds is 3. The Bertz CT molecular complexity index is 807. The van der Waals surface area contributed by atoms with E-state index in [0.29, 0.717) is 17.6 Å². The second-order valence-corrected chi connectivity index (χ2v) is 4.12. The average Bonchev–Trinajstić information content (AvgIpc) is 2.85. The molecule has 0 saturated heterocycles. The number of fused-ring (bicyclic) bond motifs is 1. The van der Waals surface area contributed by atoms with Gasteiger partial charge in [-0.3, -0.25) is 14.8 Å². The van der Waals surface area contributed by atoms with Gasteiger partial charge in [0, 0.05) is 18.9 Å². The second kappa shape index (κ2) is 4.96. The van der Waals surface area contributed by atoms with Gasteiger partial charge in [0.1, 0.15) is 5.69 Å². The Morgan fingerprint density at radius 1 is 1.35 bits per heavy atom. The molecule has 2 heterocycles. The highest BCUT2D eigenvalue weighted by Crippen LogP contribution is 2.12. The molecule has 7 nitrogen and oxygen atoms in total. The SMILES string of the molecule is O=C(NCc1ccc2oc(=O)[nH]c2c1)c1cnccn1. The van der Waals surface area contributed by atoms with Crippen molar-refractivity contribution in [1.29, 1.82) is 0 Å². The molecule has 2 N–H and O–H groups in total. The fourth-order valence-electron chi connectivity index (χ4n) is 1.80. The molecule has 1 amide bonds. The molecule has 3 rings (SSSR count). The van der Waals surface area contributed by atoms with Crippen molar-refractivity contribution in [2.24, 2.45) is 0 Å². The third-order valence-electron chi connectivity index (χ3n) is 2.73. The lowest BCUT2D eigenvalue weighted by molar-refractivity contribution is 0.0945. The van der Waals surface area contributed by atoms with Gasteiger partial charge in [-0.25, -0.2) is 9.78 Å². The highest BCUT2D eigenvalue weighted by Gasteiger charge is 2.07. The molecule has 0 aliphatic heterocycles. The van der Waals surface area contributed by atoms with E-state index >= 15 is 0 Å². The first-order chi connectivity index (χ1) is 9.72. The number of nitrogens with zero attached hydrogens (tertiary/aromatic N) is 2. The number of oxazole rings is 1. The molecule has 100 valence electrons. The molecule has 2 aromatic heterocycles. The van der Waals surface area contributed by atoms with Crippen molar-refractivity contribution in [3.8, 4) is 0 Å². The van der Waals surface area contributed by atoms with Gasteiger partial charge in [-0.2, -0.15) is 0 Å². The van der Waals surface area contributed by atoms with Gasteiger partial charge in [0.15, 0.2) is 5.58 Å². The van der Waals surface area contributed by atoms with Gasteiger partial charge in [0.2, 0.25) is 0 Å². The van der Waals surface area contributed by atoms with Gasteiger partial charge in [-0.1, -0.05) is 6.07 Å². The van der Waals surface area contributed by atoms with Crippen molar-refractivity contribution in [1.82, 2.24) is 20.3 Å². The standard InChI is InChI=1S/C13H10N4O3/c18-12(10-7-14-3-4-15-10)16-6-8-1-2-11-9(5-8)17-13(19)20-11/h1-5,7H,6H2,(H,16,18)(H,17,19). The third-order valence-corrected chi connectivity index (χ3v) is 2.73. The monoisotopic (exact) mass is 270 g/mol. The van der Waals surface area contributed by atoms with E-state index in [2.05, 4.69) is 20.3 Å². The highest BCUT2D eigenvalue weighted by molar-refractivity contribution is 5.91. The molecule has 0 aliphatic carbocycles. The maximum absolute atomic E-state index is 11.8. The topological polar surface area (TPSA) is 101 Å². The molecule has 0 spiro atoms. The molecule has 3 aromatic rings. The zero-order valence-electron chi connectivity index (χ0n) is 10.3. The predicted molar refractivity (Wildman–Crippen MR) is 70.0 cm³/mol. The van der Waals surface area contributed by atoms with Crippen LogP contribution in [0.3, 0.4) is 0 Å². The van der Waals surface area contributed by atoms with Crippen LogP contribution in [0.25, 0.3) is 11.1 Å². The number of H-pyrrole nitrogens is 1. The lowest BCUT2D eigenvalue weighted by atomic mass is 10.2. The number of aromatic amines is 1. The maximum atomic E-state index is 11.8. The summed E-state index contributed by atoms with van der Waals surface area (Å²) in [6.45, 7) is 0.318. The number of carbonyl (C=O) groups is 1.